The van der Waals surface area contributed by atoms with Gasteiger partial charge in [-0.15, -0.1) is 0 Å². The maximum absolute atomic E-state index is 12.7. The molecule has 2 rings (SSSR count). The van der Waals surface area contributed by atoms with Gasteiger partial charge in [0.05, 0.1) is 5.56 Å². The van der Waals surface area contributed by atoms with Crippen LogP contribution >= 0.6 is 0 Å². The van der Waals surface area contributed by atoms with Crippen LogP contribution in [0.25, 0.3) is 0 Å². The molecule has 0 heterocycles. The number of hydrogen-bond acceptors (Lipinski definition) is 2. The van der Waals surface area contributed by atoms with Gasteiger partial charge >= 0.3 is 6.18 Å². The van der Waals surface area contributed by atoms with Crippen LogP contribution in [-0.4, -0.2) is 5.91 Å². The van der Waals surface area contributed by atoms with E-state index in [4.69, 9.17) is 0 Å². The molecule has 0 aliphatic heterocycles. The molecule has 25 heavy (non-hydrogen) atoms. The highest BCUT2D eigenvalue weighted by Crippen LogP contribution is 2.31. The average Bonchev–Trinajstić information content (AvgIpc) is 2.56. The number of alkyl halides is 3. The van der Waals surface area contributed by atoms with Gasteiger partial charge in [-0.3, -0.25) is 4.79 Å². The second-order valence-corrected chi connectivity index (χ2v) is 5.25. The van der Waals surface area contributed by atoms with Crippen LogP contribution in [0.1, 0.15) is 44.9 Å². The van der Waals surface area contributed by atoms with Crippen LogP contribution in [0.3, 0.4) is 0 Å². The highest BCUT2D eigenvalue weighted by atomic mass is 19.4. The molecule has 0 radical (unpaired) electrons. The first-order chi connectivity index (χ1) is 11.8. The lowest BCUT2D eigenvalue weighted by atomic mass is 10.1. The van der Waals surface area contributed by atoms with Crippen LogP contribution in [0.2, 0.25) is 0 Å². The quantitative estimate of drug-likeness (QED) is 0.723. The number of nitrogens with one attached hydrogen (secondary N) is 2. The predicted octanol–water partition coefficient (Wildman–Crippen LogP) is 5.86. The molecule has 2 N–H and O–H groups in total. The summed E-state index contributed by atoms with van der Waals surface area (Å²) in [6, 6.07) is 12.0. The normalized spacial score (nSPS) is 11.8. The highest BCUT2D eigenvalue weighted by molar-refractivity contribution is 5.88. The van der Waals surface area contributed by atoms with E-state index in [0.29, 0.717) is 11.4 Å². The molecule has 0 aliphatic carbocycles. The zero-order chi connectivity index (χ0) is 19.0. The van der Waals surface area contributed by atoms with Gasteiger partial charge in [-0.05, 0) is 42.8 Å². The Morgan fingerprint density at radius 3 is 2.20 bits per heavy atom. The van der Waals surface area contributed by atoms with Gasteiger partial charge in [-0.25, -0.2) is 0 Å². The minimum atomic E-state index is -4.37. The van der Waals surface area contributed by atoms with Crippen LogP contribution in [0.4, 0.5) is 24.5 Å². The molecular weight excluding hydrogens is 329 g/mol. The zero-order valence-corrected chi connectivity index (χ0v) is 14.7. The van der Waals surface area contributed by atoms with Crippen molar-refractivity contribution in [2.24, 2.45) is 0 Å². The van der Waals surface area contributed by atoms with Crippen molar-refractivity contribution >= 4 is 17.3 Å². The standard InChI is InChI=1S/C17H17F3N2O.C2H6/c1-11(13-5-3-7-15(9-13)22-12(2)23)21-16-8-4-6-14(10-16)17(18,19)20;1-2/h3-11,21H,1-2H3,(H,22,23);1-2H3. The third kappa shape index (κ3) is 6.49. The SMILES string of the molecule is CC.CC(=O)Nc1cccc(C(C)Nc2cccc(C(F)(F)F)c2)c1. The maximum Gasteiger partial charge on any atom is 0.416 e. The Labute approximate surface area is 146 Å². The molecule has 1 atom stereocenters. The number of carbonyl (C=O) groups excluding carboxylic acids is 1. The number of anilines is 2. The van der Waals surface area contributed by atoms with Gasteiger partial charge < -0.3 is 10.6 Å². The second-order valence-electron chi connectivity index (χ2n) is 5.25. The Morgan fingerprint density at radius 2 is 1.60 bits per heavy atom. The van der Waals surface area contributed by atoms with Crippen molar-refractivity contribution in [1.29, 1.82) is 0 Å². The van der Waals surface area contributed by atoms with Crippen molar-refractivity contribution in [3.05, 3.63) is 59.7 Å². The Bertz CT molecular complexity index is 699. The van der Waals surface area contributed by atoms with E-state index in [1.165, 1.54) is 13.0 Å². The van der Waals surface area contributed by atoms with Crippen molar-refractivity contribution in [2.75, 3.05) is 10.6 Å². The first-order valence-corrected chi connectivity index (χ1v) is 8.07. The van der Waals surface area contributed by atoms with Crippen molar-refractivity contribution in [1.82, 2.24) is 0 Å². The molecule has 1 amide bonds. The molecule has 0 saturated carbocycles. The Balaban J connectivity index is 0.00000151. The molecule has 136 valence electrons. The van der Waals surface area contributed by atoms with E-state index in [2.05, 4.69) is 10.6 Å². The van der Waals surface area contributed by atoms with E-state index in [1.807, 2.05) is 26.8 Å². The Kier molecular flexibility index (Phi) is 7.48. The molecular formula is C19H23F3N2O. The summed E-state index contributed by atoms with van der Waals surface area (Å²) in [5, 5.41) is 5.72. The smallest absolute Gasteiger partial charge is 0.379 e. The van der Waals surface area contributed by atoms with Gasteiger partial charge in [-0.2, -0.15) is 13.2 Å². The summed E-state index contributed by atoms with van der Waals surface area (Å²) in [6.45, 7) is 7.25. The molecule has 2 aromatic rings. The van der Waals surface area contributed by atoms with Gasteiger partial charge in [0.15, 0.2) is 0 Å². The summed E-state index contributed by atoms with van der Waals surface area (Å²) in [7, 11) is 0. The summed E-state index contributed by atoms with van der Waals surface area (Å²) >= 11 is 0. The molecule has 0 aliphatic rings. The first-order valence-electron chi connectivity index (χ1n) is 8.07. The van der Waals surface area contributed by atoms with Crippen molar-refractivity contribution < 1.29 is 18.0 Å². The summed E-state index contributed by atoms with van der Waals surface area (Å²) in [6.07, 6.45) is -4.37. The van der Waals surface area contributed by atoms with Crippen molar-refractivity contribution in [3.8, 4) is 0 Å². The lowest BCUT2D eigenvalue weighted by Crippen LogP contribution is -2.10. The number of benzene rings is 2. The lowest BCUT2D eigenvalue weighted by Gasteiger charge is -2.18. The number of carbonyl (C=O) groups is 1. The second kappa shape index (κ2) is 9.11. The third-order valence-corrected chi connectivity index (χ3v) is 3.28. The summed E-state index contributed by atoms with van der Waals surface area (Å²) < 4.78 is 38.2. The van der Waals surface area contributed by atoms with E-state index >= 15 is 0 Å². The molecule has 1 unspecified atom stereocenters. The van der Waals surface area contributed by atoms with E-state index < -0.39 is 11.7 Å². The average molecular weight is 352 g/mol. The molecule has 0 bridgehead atoms. The van der Waals surface area contributed by atoms with Crippen LogP contribution in [-0.2, 0) is 11.0 Å². The van der Waals surface area contributed by atoms with E-state index in [0.717, 1.165) is 17.7 Å². The van der Waals surface area contributed by atoms with Gasteiger partial charge in [0.1, 0.15) is 0 Å². The van der Waals surface area contributed by atoms with Gasteiger partial charge in [0.2, 0.25) is 5.91 Å². The summed E-state index contributed by atoms with van der Waals surface area (Å²) in [4.78, 5) is 11.1. The Morgan fingerprint density at radius 1 is 1.00 bits per heavy atom. The molecule has 0 fully saturated rings. The fourth-order valence-electron chi connectivity index (χ4n) is 2.21. The maximum atomic E-state index is 12.7. The molecule has 0 aromatic heterocycles. The minimum absolute atomic E-state index is 0.180. The summed E-state index contributed by atoms with van der Waals surface area (Å²) in [5.74, 6) is -0.180. The van der Waals surface area contributed by atoms with Crippen molar-refractivity contribution in [3.63, 3.8) is 0 Å². The Hall–Kier alpha value is -2.50. The molecule has 0 saturated heterocycles. The third-order valence-electron chi connectivity index (χ3n) is 3.28. The monoisotopic (exact) mass is 352 g/mol. The number of halogens is 3. The van der Waals surface area contributed by atoms with E-state index in [9.17, 15) is 18.0 Å². The van der Waals surface area contributed by atoms with Gasteiger partial charge in [0, 0.05) is 24.3 Å². The van der Waals surface area contributed by atoms with E-state index in [1.54, 1.807) is 24.3 Å². The zero-order valence-electron chi connectivity index (χ0n) is 14.7. The lowest BCUT2D eigenvalue weighted by molar-refractivity contribution is -0.137. The molecule has 3 nitrogen and oxygen atoms in total. The fraction of sp³-hybridized carbons (Fsp3) is 0.316. The number of hydrogen-bond donors (Lipinski definition) is 2. The van der Waals surface area contributed by atoms with Crippen LogP contribution in [0.5, 0.6) is 0 Å². The highest BCUT2D eigenvalue weighted by Gasteiger charge is 2.30. The predicted molar refractivity (Wildman–Crippen MR) is 95.6 cm³/mol. The van der Waals surface area contributed by atoms with Crippen LogP contribution in [0, 0.1) is 0 Å². The van der Waals surface area contributed by atoms with Gasteiger partial charge in [-0.1, -0.05) is 32.0 Å². The number of amides is 1. The van der Waals surface area contributed by atoms with Crippen LogP contribution < -0.4 is 10.6 Å². The first kappa shape index (κ1) is 20.5. The molecule has 0 spiro atoms. The minimum Gasteiger partial charge on any atom is -0.379 e. The fourth-order valence-corrected chi connectivity index (χ4v) is 2.21. The number of rotatable bonds is 4. The van der Waals surface area contributed by atoms with Crippen molar-refractivity contribution in [2.45, 2.75) is 39.9 Å². The molecule has 6 heteroatoms. The summed E-state index contributed by atoms with van der Waals surface area (Å²) in [5.41, 5.74) is 1.19. The van der Waals surface area contributed by atoms with Gasteiger partial charge in [0.25, 0.3) is 0 Å². The molecule has 2 aromatic carbocycles. The van der Waals surface area contributed by atoms with Crippen LogP contribution in [0.15, 0.2) is 48.5 Å². The largest absolute Gasteiger partial charge is 0.416 e. The topological polar surface area (TPSA) is 41.1 Å². The van der Waals surface area contributed by atoms with E-state index in [-0.39, 0.29) is 11.9 Å².